The van der Waals surface area contributed by atoms with Crippen molar-refractivity contribution in [3.63, 3.8) is 0 Å². The fraction of sp³-hybridized carbons (Fsp3) is 0.400. The van der Waals surface area contributed by atoms with Crippen LogP contribution in [0.5, 0.6) is 5.75 Å². The number of carbonyl (C=O) groups excluding carboxylic acids is 1. The second kappa shape index (κ2) is 9.43. The minimum absolute atomic E-state index is 0.00415. The highest BCUT2D eigenvalue weighted by atomic mass is 16.5. The number of fused-ring (bicyclic) bond motifs is 1. The van der Waals surface area contributed by atoms with Crippen LogP contribution >= 0.6 is 0 Å². The number of piperazine rings is 1. The van der Waals surface area contributed by atoms with Gasteiger partial charge in [-0.15, -0.1) is 0 Å². The van der Waals surface area contributed by atoms with Gasteiger partial charge in [-0.3, -0.25) is 9.69 Å². The Morgan fingerprint density at radius 3 is 2.52 bits per heavy atom. The average molecular weight is 421 g/mol. The molecule has 6 heteroatoms. The van der Waals surface area contributed by atoms with Gasteiger partial charge in [0.2, 0.25) is 0 Å². The highest BCUT2D eigenvalue weighted by molar-refractivity contribution is 5.99. The molecule has 2 aromatic carbocycles. The molecule has 0 bridgehead atoms. The van der Waals surface area contributed by atoms with Crippen molar-refractivity contribution in [2.24, 2.45) is 0 Å². The number of aryl methyl sites for hydroxylation is 2. The lowest BCUT2D eigenvalue weighted by atomic mass is 10.1. The summed E-state index contributed by atoms with van der Waals surface area (Å²) in [5.41, 5.74) is 5.42. The Balaban J connectivity index is 1.20. The Hall–Kier alpha value is -2.99. The van der Waals surface area contributed by atoms with Gasteiger partial charge in [-0.1, -0.05) is 0 Å². The molecule has 1 aromatic heterocycles. The fourth-order valence-electron chi connectivity index (χ4n) is 4.23. The first kappa shape index (κ1) is 21.2. The van der Waals surface area contributed by atoms with E-state index in [-0.39, 0.29) is 5.91 Å². The van der Waals surface area contributed by atoms with E-state index in [0.29, 0.717) is 6.54 Å². The SMILES string of the molecule is COc1ccc(N2CCN(CCCNC(=O)c3ccc4[nH]c(C)c(C)c4c3)CC2)cc1. The lowest BCUT2D eigenvalue weighted by Crippen LogP contribution is -2.47. The Bertz CT molecular complexity index is 1030. The summed E-state index contributed by atoms with van der Waals surface area (Å²) in [6, 6.07) is 14.1. The van der Waals surface area contributed by atoms with Crippen LogP contribution in [0, 0.1) is 13.8 Å². The number of methoxy groups -OCH3 is 1. The van der Waals surface area contributed by atoms with E-state index in [1.807, 2.05) is 30.3 Å². The quantitative estimate of drug-likeness (QED) is 0.572. The number of nitrogens with one attached hydrogen (secondary N) is 2. The van der Waals surface area contributed by atoms with Crippen molar-refractivity contribution in [3.05, 3.63) is 59.3 Å². The summed E-state index contributed by atoms with van der Waals surface area (Å²) in [5, 5.41) is 4.20. The summed E-state index contributed by atoms with van der Waals surface area (Å²) in [6.45, 7) is 9.98. The molecule has 1 fully saturated rings. The van der Waals surface area contributed by atoms with E-state index < -0.39 is 0 Å². The summed E-state index contributed by atoms with van der Waals surface area (Å²) in [7, 11) is 1.69. The Labute approximate surface area is 184 Å². The number of rotatable bonds is 7. The second-order valence-corrected chi connectivity index (χ2v) is 8.27. The molecule has 0 saturated carbocycles. The number of nitrogens with zero attached hydrogens (tertiary/aromatic N) is 2. The van der Waals surface area contributed by atoms with Crippen LogP contribution in [-0.2, 0) is 0 Å². The Kier molecular flexibility index (Phi) is 6.47. The van der Waals surface area contributed by atoms with E-state index >= 15 is 0 Å². The van der Waals surface area contributed by atoms with Crippen LogP contribution in [0.2, 0.25) is 0 Å². The molecule has 0 radical (unpaired) electrons. The number of hydrogen-bond donors (Lipinski definition) is 2. The normalized spacial score (nSPS) is 14.7. The summed E-state index contributed by atoms with van der Waals surface area (Å²) in [6.07, 6.45) is 0.957. The number of hydrogen-bond acceptors (Lipinski definition) is 4. The third-order valence-electron chi connectivity index (χ3n) is 6.32. The molecule has 6 nitrogen and oxygen atoms in total. The van der Waals surface area contributed by atoms with E-state index in [1.54, 1.807) is 7.11 Å². The number of benzene rings is 2. The van der Waals surface area contributed by atoms with Crippen LogP contribution in [0.3, 0.4) is 0 Å². The number of amides is 1. The van der Waals surface area contributed by atoms with E-state index in [1.165, 1.54) is 11.3 Å². The van der Waals surface area contributed by atoms with Crippen LogP contribution in [0.1, 0.15) is 28.0 Å². The van der Waals surface area contributed by atoms with Gasteiger partial charge in [-0.25, -0.2) is 0 Å². The zero-order chi connectivity index (χ0) is 21.8. The third kappa shape index (κ3) is 4.85. The maximum atomic E-state index is 12.6. The molecule has 1 aliphatic heterocycles. The minimum atomic E-state index is 0.00415. The number of anilines is 1. The van der Waals surface area contributed by atoms with E-state index in [9.17, 15) is 4.79 Å². The van der Waals surface area contributed by atoms with E-state index in [4.69, 9.17) is 4.74 Å². The van der Waals surface area contributed by atoms with Crippen LogP contribution in [-0.4, -0.2) is 62.2 Å². The zero-order valence-electron chi connectivity index (χ0n) is 18.7. The Morgan fingerprint density at radius 2 is 1.81 bits per heavy atom. The number of aromatic amines is 1. The van der Waals surface area contributed by atoms with Crippen LogP contribution < -0.4 is 15.0 Å². The molecule has 0 unspecified atom stereocenters. The largest absolute Gasteiger partial charge is 0.497 e. The van der Waals surface area contributed by atoms with E-state index in [0.717, 1.165) is 67.1 Å². The van der Waals surface area contributed by atoms with Gasteiger partial charge < -0.3 is 19.9 Å². The second-order valence-electron chi connectivity index (χ2n) is 8.27. The predicted molar refractivity (Wildman–Crippen MR) is 126 cm³/mol. The van der Waals surface area contributed by atoms with Gasteiger partial charge in [0, 0.05) is 60.6 Å². The van der Waals surface area contributed by atoms with Crippen molar-refractivity contribution in [2.45, 2.75) is 20.3 Å². The van der Waals surface area contributed by atoms with Crippen molar-refractivity contribution in [1.82, 2.24) is 15.2 Å². The topological polar surface area (TPSA) is 60.6 Å². The van der Waals surface area contributed by atoms with Gasteiger partial charge in [0.25, 0.3) is 5.91 Å². The highest BCUT2D eigenvalue weighted by Crippen LogP contribution is 2.23. The van der Waals surface area contributed by atoms with Crippen LogP contribution in [0.25, 0.3) is 10.9 Å². The molecule has 1 saturated heterocycles. The number of ether oxygens (including phenoxy) is 1. The standard InChI is InChI=1S/C25H32N4O2/c1-18-19(2)27-24-10-5-20(17-23(18)24)25(30)26-11-4-12-28-13-15-29(16-14-28)21-6-8-22(31-3)9-7-21/h5-10,17,27H,4,11-16H2,1-3H3,(H,26,30). The van der Waals surface area contributed by atoms with Crippen molar-refractivity contribution < 1.29 is 9.53 Å². The molecule has 1 aliphatic rings. The van der Waals surface area contributed by atoms with Gasteiger partial charge in [0.1, 0.15) is 5.75 Å². The monoisotopic (exact) mass is 420 g/mol. The van der Waals surface area contributed by atoms with Gasteiger partial charge in [0.05, 0.1) is 7.11 Å². The average Bonchev–Trinajstić information content (AvgIpc) is 3.10. The number of carbonyl (C=O) groups is 1. The first-order chi connectivity index (χ1) is 15.0. The maximum Gasteiger partial charge on any atom is 0.251 e. The molecule has 2 N–H and O–H groups in total. The van der Waals surface area contributed by atoms with Gasteiger partial charge >= 0.3 is 0 Å². The zero-order valence-corrected chi connectivity index (χ0v) is 18.7. The summed E-state index contributed by atoms with van der Waals surface area (Å²) in [5.74, 6) is 0.896. The lowest BCUT2D eigenvalue weighted by Gasteiger charge is -2.36. The van der Waals surface area contributed by atoms with Crippen molar-refractivity contribution in [1.29, 1.82) is 0 Å². The molecule has 0 atom stereocenters. The molecule has 164 valence electrons. The number of H-pyrrole nitrogens is 1. The summed E-state index contributed by atoms with van der Waals surface area (Å²) < 4.78 is 5.24. The maximum absolute atomic E-state index is 12.6. The molecule has 0 spiro atoms. The molecule has 0 aliphatic carbocycles. The van der Waals surface area contributed by atoms with Gasteiger partial charge in [0.15, 0.2) is 0 Å². The predicted octanol–water partition coefficient (Wildman–Crippen LogP) is 3.74. The highest BCUT2D eigenvalue weighted by Gasteiger charge is 2.17. The molecule has 1 amide bonds. The molecule has 4 rings (SSSR count). The van der Waals surface area contributed by atoms with Gasteiger partial charge in [-0.2, -0.15) is 0 Å². The molecule has 2 heterocycles. The third-order valence-corrected chi connectivity index (χ3v) is 6.32. The minimum Gasteiger partial charge on any atom is -0.497 e. The molecule has 3 aromatic rings. The van der Waals surface area contributed by atoms with Crippen molar-refractivity contribution in [2.75, 3.05) is 51.3 Å². The molecule has 31 heavy (non-hydrogen) atoms. The number of aromatic nitrogens is 1. The Morgan fingerprint density at radius 1 is 1.06 bits per heavy atom. The smallest absolute Gasteiger partial charge is 0.251 e. The van der Waals surface area contributed by atoms with Crippen LogP contribution in [0.15, 0.2) is 42.5 Å². The van der Waals surface area contributed by atoms with E-state index in [2.05, 4.69) is 46.1 Å². The van der Waals surface area contributed by atoms with Gasteiger partial charge in [-0.05, 0) is 74.8 Å². The van der Waals surface area contributed by atoms with Crippen LogP contribution in [0.4, 0.5) is 5.69 Å². The summed E-state index contributed by atoms with van der Waals surface area (Å²) in [4.78, 5) is 20.8. The first-order valence-electron chi connectivity index (χ1n) is 11.0. The fourth-order valence-corrected chi connectivity index (χ4v) is 4.23. The summed E-state index contributed by atoms with van der Waals surface area (Å²) >= 11 is 0. The molecular weight excluding hydrogens is 388 g/mol. The lowest BCUT2D eigenvalue weighted by molar-refractivity contribution is 0.0951. The van der Waals surface area contributed by atoms with Crippen molar-refractivity contribution >= 4 is 22.5 Å². The first-order valence-corrected chi connectivity index (χ1v) is 11.0. The molecular formula is C25H32N4O2. The van der Waals surface area contributed by atoms with Crippen molar-refractivity contribution in [3.8, 4) is 5.75 Å².